The van der Waals surface area contributed by atoms with E-state index < -0.39 is 6.10 Å². The first-order chi connectivity index (χ1) is 34.0. The van der Waals surface area contributed by atoms with Gasteiger partial charge in [-0.1, -0.05) is 211 Å². The van der Waals surface area contributed by atoms with E-state index in [9.17, 15) is 14.4 Å². The van der Waals surface area contributed by atoms with Crippen LogP contribution in [0.3, 0.4) is 0 Å². The molecule has 0 fully saturated rings. The fourth-order valence-electron chi connectivity index (χ4n) is 6.54. The smallest absolute Gasteiger partial charge is 0.306 e. The van der Waals surface area contributed by atoms with Crippen LogP contribution in [0.5, 0.6) is 0 Å². The summed E-state index contributed by atoms with van der Waals surface area (Å²) in [5.41, 5.74) is 0. The number of rotatable bonds is 46. The van der Waals surface area contributed by atoms with Crippen molar-refractivity contribution in [2.75, 3.05) is 13.2 Å². The van der Waals surface area contributed by atoms with Crippen LogP contribution in [0.4, 0.5) is 0 Å². The minimum Gasteiger partial charge on any atom is -0.462 e. The Kier molecular flexibility index (Phi) is 51.6. The first kappa shape index (κ1) is 64.0. The van der Waals surface area contributed by atoms with E-state index in [2.05, 4.69) is 179 Å². The SMILES string of the molecule is CC/C=C\C/C=C\C/C=C\C/C=C\C/C=C\C/C=C\C/C=C\CCCCCC(=O)OCC(COC(=O)CCCCCCC)OC(=O)CCCC/C=C\C/C=C\C/C=C\C/C=C\C/C=C\C/C=C\CC. The van der Waals surface area contributed by atoms with Crippen LogP contribution in [0.2, 0.25) is 0 Å². The van der Waals surface area contributed by atoms with E-state index in [1.807, 2.05) is 0 Å². The summed E-state index contributed by atoms with van der Waals surface area (Å²) in [5, 5.41) is 0. The second-order valence-corrected chi connectivity index (χ2v) is 17.0. The van der Waals surface area contributed by atoms with E-state index in [0.29, 0.717) is 19.3 Å². The van der Waals surface area contributed by atoms with Crippen LogP contribution >= 0.6 is 0 Å². The van der Waals surface area contributed by atoms with Gasteiger partial charge in [-0.05, 0) is 128 Å². The topological polar surface area (TPSA) is 78.9 Å². The minimum absolute atomic E-state index is 0.115. The molecule has 6 nitrogen and oxygen atoms in total. The second-order valence-electron chi connectivity index (χ2n) is 17.0. The fourth-order valence-corrected chi connectivity index (χ4v) is 6.54. The van der Waals surface area contributed by atoms with Crippen molar-refractivity contribution in [1.82, 2.24) is 0 Å². The molecule has 0 aromatic rings. The van der Waals surface area contributed by atoms with Gasteiger partial charge in [0.05, 0.1) is 0 Å². The molecule has 0 aliphatic heterocycles. The highest BCUT2D eigenvalue weighted by atomic mass is 16.6. The average Bonchev–Trinajstić information content (AvgIpc) is 3.35. The van der Waals surface area contributed by atoms with Gasteiger partial charge in [-0.3, -0.25) is 14.4 Å². The minimum atomic E-state index is -0.819. The van der Waals surface area contributed by atoms with Crippen LogP contribution in [0, 0.1) is 0 Å². The molecule has 0 aromatic heterocycles. The van der Waals surface area contributed by atoms with Gasteiger partial charge in [-0.25, -0.2) is 0 Å². The molecule has 0 bridgehead atoms. The number of hydrogen-bond acceptors (Lipinski definition) is 6. The van der Waals surface area contributed by atoms with Crippen molar-refractivity contribution < 1.29 is 28.6 Å². The molecule has 0 N–H and O–H groups in total. The largest absolute Gasteiger partial charge is 0.462 e. The number of carbonyl (C=O) groups excluding carboxylic acids is 3. The van der Waals surface area contributed by atoms with Gasteiger partial charge in [0, 0.05) is 19.3 Å². The van der Waals surface area contributed by atoms with E-state index in [1.54, 1.807) is 0 Å². The van der Waals surface area contributed by atoms with Crippen LogP contribution in [0.15, 0.2) is 158 Å². The van der Waals surface area contributed by atoms with Gasteiger partial charge in [0.15, 0.2) is 6.10 Å². The maximum absolute atomic E-state index is 12.7. The summed E-state index contributed by atoms with van der Waals surface area (Å²) in [4.78, 5) is 37.7. The summed E-state index contributed by atoms with van der Waals surface area (Å²) in [6, 6.07) is 0. The van der Waals surface area contributed by atoms with Crippen molar-refractivity contribution in [3.8, 4) is 0 Å². The lowest BCUT2D eigenvalue weighted by atomic mass is 10.1. The molecule has 0 aliphatic carbocycles. The number of unbranched alkanes of at least 4 members (excludes halogenated alkanes) is 9. The van der Waals surface area contributed by atoms with Crippen LogP contribution in [0.1, 0.15) is 201 Å². The zero-order valence-electron chi connectivity index (χ0n) is 43.8. The lowest BCUT2D eigenvalue weighted by Gasteiger charge is -2.18. The number of esters is 3. The quantitative estimate of drug-likeness (QED) is 0.0262. The van der Waals surface area contributed by atoms with Crippen molar-refractivity contribution in [3.63, 3.8) is 0 Å². The van der Waals surface area contributed by atoms with Crippen molar-refractivity contribution in [2.45, 2.75) is 207 Å². The Morgan fingerprint density at radius 2 is 0.565 bits per heavy atom. The third kappa shape index (κ3) is 53.8. The van der Waals surface area contributed by atoms with Crippen LogP contribution < -0.4 is 0 Å². The highest BCUT2D eigenvalue weighted by Gasteiger charge is 2.19. The Morgan fingerprint density at radius 1 is 0.304 bits per heavy atom. The monoisotopic (exact) mass is 949 g/mol. The van der Waals surface area contributed by atoms with Gasteiger partial charge in [0.2, 0.25) is 0 Å². The van der Waals surface area contributed by atoms with Crippen molar-refractivity contribution >= 4 is 17.9 Å². The lowest BCUT2D eigenvalue weighted by molar-refractivity contribution is -0.167. The standard InChI is InChI=1S/C63H96O6/c1-4-7-10-13-15-17-19-21-23-25-27-29-30-31-32-34-35-37-39-41-43-45-47-50-53-56-62(65)68-59-60(58-67-61(64)55-52-49-12-9-6-3)69-63(66)57-54-51-48-46-44-42-40-38-36-33-28-26-24-22-20-18-16-14-11-8-5-2/h7-8,10-11,15-18,21-24,27-29,31-33,35,37-38,40-41,43-44,46,60H,4-6,9,12-14,19-20,25-26,30,34,36,39,42,45,47-59H2,1-3H3/b10-7-,11-8-,17-15-,18-16-,23-21-,24-22-,29-27-,32-31-,33-28-,37-35-,40-38-,43-41-,46-44-. The molecule has 0 saturated heterocycles. The first-order valence-corrected chi connectivity index (χ1v) is 27.0. The maximum Gasteiger partial charge on any atom is 0.306 e. The third-order valence-corrected chi connectivity index (χ3v) is 10.5. The second kappa shape index (κ2) is 55.6. The van der Waals surface area contributed by atoms with Crippen molar-refractivity contribution in [2.24, 2.45) is 0 Å². The molecule has 0 heterocycles. The van der Waals surface area contributed by atoms with Crippen LogP contribution in [-0.2, 0) is 28.6 Å². The summed E-state index contributed by atoms with van der Waals surface area (Å²) < 4.78 is 16.6. The fraction of sp³-hybridized carbons (Fsp3) is 0.540. The Labute approximate surface area is 422 Å². The number of hydrogen-bond donors (Lipinski definition) is 0. The Bertz CT molecular complexity index is 1610. The average molecular weight is 949 g/mol. The summed E-state index contributed by atoms with van der Waals surface area (Å²) in [5.74, 6) is -1.02. The summed E-state index contributed by atoms with van der Waals surface area (Å²) in [6.07, 6.45) is 81.3. The van der Waals surface area contributed by atoms with Gasteiger partial charge in [-0.2, -0.15) is 0 Å². The van der Waals surface area contributed by atoms with Crippen LogP contribution in [0.25, 0.3) is 0 Å². The van der Waals surface area contributed by atoms with E-state index in [4.69, 9.17) is 14.2 Å². The molecule has 1 atom stereocenters. The molecule has 0 saturated carbocycles. The van der Waals surface area contributed by atoms with Gasteiger partial charge >= 0.3 is 17.9 Å². The van der Waals surface area contributed by atoms with E-state index in [1.165, 1.54) is 0 Å². The van der Waals surface area contributed by atoms with E-state index >= 15 is 0 Å². The Morgan fingerprint density at radius 3 is 0.899 bits per heavy atom. The third-order valence-electron chi connectivity index (χ3n) is 10.5. The molecule has 0 amide bonds. The summed E-state index contributed by atoms with van der Waals surface area (Å²) >= 11 is 0. The predicted molar refractivity (Wildman–Crippen MR) is 297 cm³/mol. The van der Waals surface area contributed by atoms with Crippen molar-refractivity contribution in [3.05, 3.63) is 158 Å². The molecule has 1 unspecified atom stereocenters. The maximum atomic E-state index is 12.7. The molecule has 0 aromatic carbocycles. The first-order valence-electron chi connectivity index (χ1n) is 27.0. The van der Waals surface area contributed by atoms with Gasteiger partial charge in [-0.15, -0.1) is 0 Å². The van der Waals surface area contributed by atoms with E-state index in [0.717, 1.165) is 154 Å². The molecule has 0 aliphatic rings. The van der Waals surface area contributed by atoms with Gasteiger partial charge < -0.3 is 14.2 Å². The molecule has 69 heavy (non-hydrogen) atoms. The lowest BCUT2D eigenvalue weighted by Crippen LogP contribution is -2.30. The molecule has 0 radical (unpaired) electrons. The van der Waals surface area contributed by atoms with E-state index in [-0.39, 0.29) is 37.5 Å². The van der Waals surface area contributed by atoms with Gasteiger partial charge in [0.1, 0.15) is 13.2 Å². The van der Waals surface area contributed by atoms with Crippen molar-refractivity contribution in [1.29, 1.82) is 0 Å². The number of allylic oxidation sites excluding steroid dienone is 26. The number of carbonyl (C=O) groups is 3. The summed E-state index contributed by atoms with van der Waals surface area (Å²) in [7, 11) is 0. The molecular formula is C63H96O6. The molecule has 0 spiro atoms. The molecule has 384 valence electrons. The highest BCUT2D eigenvalue weighted by Crippen LogP contribution is 2.11. The molecule has 6 heteroatoms. The zero-order chi connectivity index (χ0) is 50.0. The summed E-state index contributed by atoms with van der Waals surface area (Å²) in [6.45, 7) is 6.23. The molecule has 0 rings (SSSR count). The number of ether oxygens (including phenoxy) is 3. The zero-order valence-corrected chi connectivity index (χ0v) is 43.8. The predicted octanol–water partition coefficient (Wildman–Crippen LogP) is 18.2. The molecular weight excluding hydrogens is 853 g/mol. The van der Waals surface area contributed by atoms with Gasteiger partial charge in [0.25, 0.3) is 0 Å². The highest BCUT2D eigenvalue weighted by molar-refractivity contribution is 5.71. The Hall–Kier alpha value is -4.97. The normalized spacial score (nSPS) is 13.4. The van der Waals surface area contributed by atoms with Crippen LogP contribution in [-0.4, -0.2) is 37.2 Å². The Balaban J connectivity index is 4.34.